The standard InChI is InChI=1S/C55H25F15N4/c56-51(57,58)35-14-28(26-71)13-34(21-35)50-48(73-44-7-3-1-5-40(44)42-11-9-30(22-46(42)73)32-17-36(52(59,60)61)24-37(18-32)53(62,63)64)15-29(27-72)16-49(50)74-45-8-4-2-6-41(45)43-12-10-31(23-47(43)74)33-19-38(54(65,66)67)25-39(20-33)55(68,69)70/h1-25H. The molecule has 10 aromatic rings. The van der Waals surface area contributed by atoms with Crippen LogP contribution in [0.15, 0.2) is 152 Å². The average Bonchev–Trinajstić information content (AvgIpc) is 3.86. The molecular weight excluding hydrogens is 1000 g/mol. The predicted molar refractivity (Wildman–Crippen MR) is 246 cm³/mol. The Morgan fingerprint density at radius 1 is 0.297 bits per heavy atom. The van der Waals surface area contributed by atoms with Gasteiger partial charge in [0.05, 0.1) is 84.5 Å². The molecule has 2 aromatic heterocycles. The van der Waals surface area contributed by atoms with Crippen molar-refractivity contribution in [2.45, 2.75) is 30.9 Å². The number of nitriles is 2. The van der Waals surface area contributed by atoms with Crippen molar-refractivity contribution in [2.75, 3.05) is 0 Å². The van der Waals surface area contributed by atoms with Crippen LogP contribution in [0, 0.1) is 22.7 Å². The zero-order chi connectivity index (χ0) is 53.0. The van der Waals surface area contributed by atoms with Crippen LogP contribution >= 0.6 is 0 Å². The molecule has 0 spiro atoms. The van der Waals surface area contributed by atoms with Gasteiger partial charge in [-0.3, -0.25) is 0 Å². The van der Waals surface area contributed by atoms with Gasteiger partial charge in [-0.05, 0) is 119 Å². The van der Waals surface area contributed by atoms with Crippen LogP contribution in [0.4, 0.5) is 65.9 Å². The third-order valence-electron chi connectivity index (χ3n) is 12.6. The summed E-state index contributed by atoms with van der Waals surface area (Å²) in [6, 6.07) is 31.5. The highest BCUT2D eigenvalue weighted by Crippen LogP contribution is 2.47. The Labute approximate surface area is 406 Å². The van der Waals surface area contributed by atoms with Gasteiger partial charge in [0, 0.05) is 27.1 Å². The fourth-order valence-corrected chi connectivity index (χ4v) is 9.39. The molecule has 19 heteroatoms. The van der Waals surface area contributed by atoms with Crippen molar-refractivity contribution in [1.29, 1.82) is 10.5 Å². The number of hydrogen-bond donors (Lipinski definition) is 0. The first kappa shape index (κ1) is 48.9. The predicted octanol–water partition coefficient (Wildman–Crippen LogP) is 17.7. The Morgan fingerprint density at radius 3 is 0.986 bits per heavy atom. The summed E-state index contributed by atoms with van der Waals surface area (Å²) in [7, 11) is 0. The average molecular weight is 1030 g/mol. The van der Waals surface area contributed by atoms with Crippen molar-refractivity contribution >= 4 is 43.6 Å². The molecule has 370 valence electrons. The molecule has 0 radical (unpaired) electrons. The van der Waals surface area contributed by atoms with E-state index in [0.29, 0.717) is 51.9 Å². The van der Waals surface area contributed by atoms with Crippen molar-refractivity contribution in [2.24, 2.45) is 0 Å². The van der Waals surface area contributed by atoms with Gasteiger partial charge < -0.3 is 9.13 Å². The quantitative estimate of drug-likeness (QED) is 0.161. The third-order valence-corrected chi connectivity index (χ3v) is 12.6. The lowest BCUT2D eigenvalue weighted by molar-refractivity contribution is -0.144. The Bertz CT molecular complexity index is 3760. The van der Waals surface area contributed by atoms with Crippen LogP contribution in [0.3, 0.4) is 0 Å². The molecule has 0 saturated carbocycles. The summed E-state index contributed by atoms with van der Waals surface area (Å²) in [5.74, 6) is 0. The van der Waals surface area contributed by atoms with E-state index in [2.05, 4.69) is 0 Å². The molecule has 74 heavy (non-hydrogen) atoms. The molecule has 0 aliphatic heterocycles. The highest BCUT2D eigenvalue weighted by Gasteiger charge is 2.39. The molecule has 8 aromatic carbocycles. The molecule has 2 heterocycles. The van der Waals surface area contributed by atoms with E-state index in [0.717, 1.165) is 12.1 Å². The van der Waals surface area contributed by atoms with Crippen molar-refractivity contribution in [1.82, 2.24) is 9.13 Å². The Hall–Kier alpha value is -8.71. The number of fused-ring (bicyclic) bond motifs is 6. The summed E-state index contributed by atoms with van der Waals surface area (Å²) in [6.45, 7) is 0. The van der Waals surface area contributed by atoms with Crippen LogP contribution in [0.25, 0.3) is 88.4 Å². The normalized spacial score (nSPS) is 12.8. The van der Waals surface area contributed by atoms with Gasteiger partial charge in [-0.1, -0.05) is 60.7 Å². The van der Waals surface area contributed by atoms with Gasteiger partial charge in [-0.15, -0.1) is 0 Å². The van der Waals surface area contributed by atoms with Crippen LogP contribution in [0.1, 0.15) is 38.9 Å². The van der Waals surface area contributed by atoms with Gasteiger partial charge in [0.2, 0.25) is 0 Å². The smallest absolute Gasteiger partial charge is 0.308 e. The van der Waals surface area contributed by atoms with Crippen LogP contribution in [-0.2, 0) is 30.9 Å². The van der Waals surface area contributed by atoms with E-state index in [-0.39, 0.29) is 73.4 Å². The van der Waals surface area contributed by atoms with E-state index in [1.54, 1.807) is 54.6 Å². The molecule has 0 atom stereocenters. The van der Waals surface area contributed by atoms with Gasteiger partial charge in [0.25, 0.3) is 0 Å². The zero-order valence-electron chi connectivity index (χ0n) is 36.9. The van der Waals surface area contributed by atoms with Gasteiger partial charge in [0.15, 0.2) is 0 Å². The molecule has 0 fully saturated rings. The highest BCUT2D eigenvalue weighted by molar-refractivity contribution is 6.13. The highest BCUT2D eigenvalue weighted by atomic mass is 19.4. The molecule has 0 saturated heterocycles. The molecule has 0 bridgehead atoms. The van der Waals surface area contributed by atoms with Crippen molar-refractivity contribution in [3.8, 4) is 56.9 Å². The van der Waals surface area contributed by atoms with Gasteiger partial charge >= 0.3 is 30.9 Å². The van der Waals surface area contributed by atoms with Gasteiger partial charge in [-0.25, -0.2) is 0 Å². The number of alkyl halides is 15. The lowest BCUT2D eigenvalue weighted by Crippen LogP contribution is -2.11. The minimum Gasteiger partial charge on any atom is -0.308 e. The van der Waals surface area contributed by atoms with Gasteiger partial charge in [0.1, 0.15) is 0 Å². The summed E-state index contributed by atoms with van der Waals surface area (Å²) in [6.07, 6.45) is -26.0. The van der Waals surface area contributed by atoms with E-state index in [4.69, 9.17) is 0 Å². The maximum absolute atomic E-state index is 14.9. The van der Waals surface area contributed by atoms with E-state index in [1.807, 2.05) is 6.07 Å². The largest absolute Gasteiger partial charge is 0.416 e. The van der Waals surface area contributed by atoms with E-state index < -0.39 is 75.4 Å². The maximum Gasteiger partial charge on any atom is 0.416 e. The number of benzene rings is 8. The first-order chi connectivity index (χ1) is 34.7. The number of halogens is 15. The number of para-hydroxylation sites is 2. The molecule has 0 amide bonds. The molecule has 0 aliphatic rings. The molecule has 4 nitrogen and oxygen atoms in total. The van der Waals surface area contributed by atoms with Crippen LogP contribution < -0.4 is 0 Å². The minimum atomic E-state index is -5.22. The topological polar surface area (TPSA) is 57.4 Å². The summed E-state index contributed by atoms with van der Waals surface area (Å²) in [4.78, 5) is 0. The lowest BCUT2D eigenvalue weighted by atomic mass is 9.94. The lowest BCUT2D eigenvalue weighted by Gasteiger charge is -2.22. The minimum absolute atomic E-state index is 0.0399. The number of nitrogens with zero attached hydrogens (tertiary/aromatic N) is 4. The van der Waals surface area contributed by atoms with Crippen LogP contribution in [-0.4, -0.2) is 9.13 Å². The van der Waals surface area contributed by atoms with E-state index in [9.17, 15) is 76.4 Å². The van der Waals surface area contributed by atoms with Crippen molar-refractivity contribution in [3.63, 3.8) is 0 Å². The van der Waals surface area contributed by atoms with Gasteiger partial charge in [-0.2, -0.15) is 76.4 Å². The van der Waals surface area contributed by atoms with E-state index >= 15 is 0 Å². The first-order valence-corrected chi connectivity index (χ1v) is 21.6. The Balaban J connectivity index is 1.36. The first-order valence-electron chi connectivity index (χ1n) is 21.6. The Kier molecular flexibility index (Phi) is 11.2. The molecule has 10 rings (SSSR count). The monoisotopic (exact) mass is 1030 g/mol. The van der Waals surface area contributed by atoms with Crippen molar-refractivity contribution < 1.29 is 65.9 Å². The summed E-state index contributed by atoms with van der Waals surface area (Å²) in [5.41, 5.74) is -9.83. The summed E-state index contributed by atoms with van der Waals surface area (Å²) >= 11 is 0. The second-order valence-corrected chi connectivity index (χ2v) is 17.2. The van der Waals surface area contributed by atoms with Crippen LogP contribution in [0.2, 0.25) is 0 Å². The van der Waals surface area contributed by atoms with Crippen molar-refractivity contribution in [3.05, 3.63) is 191 Å². The summed E-state index contributed by atoms with van der Waals surface area (Å²) < 4.78 is 218. The van der Waals surface area contributed by atoms with E-state index in [1.165, 1.54) is 57.7 Å². The SMILES string of the molecule is N#Cc1cc(-c2c(-n3c4ccccc4c4ccc(-c5cc(C(F)(F)F)cc(C(F)(F)F)c5)cc43)cc(C#N)cc2-n2c3ccccc3c3ccc(-c4cc(C(F)(F)F)cc(C(F)(F)F)c4)cc32)cc(C(F)(F)F)c1. The zero-order valence-corrected chi connectivity index (χ0v) is 36.9. The number of rotatable bonds is 5. The fourth-order valence-electron chi connectivity index (χ4n) is 9.39. The molecule has 0 unspecified atom stereocenters. The number of hydrogen-bond acceptors (Lipinski definition) is 2. The molecular formula is C55H25F15N4. The second kappa shape index (κ2) is 16.9. The summed E-state index contributed by atoms with van der Waals surface area (Å²) in [5, 5.41) is 22.4. The Morgan fingerprint density at radius 2 is 0.622 bits per heavy atom. The van der Waals surface area contributed by atoms with Crippen LogP contribution in [0.5, 0.6) is 0 Å². The second-order valence-electron chi connectivity index (χ2n) is 17.2. The number of aromatic nitrogens is 2. The third kappa shape index (κ3) is 8.57. The molecule has 0 N–H and O–H groups in total. The fraction of sp³-hybridized carbons (Fsp3) is 0.0909. The molecule has 0 aliphatic carbocycles. The maximum atomic E-state index is 14.9.